The molecular weight excluding hydrogens is 204 g/mol. The molecule has 0 amide bonds. The van der Waals surface area contributed by atoms with Crippen molar-refractivity contribution in [1.29, 1.82) is 0 Å². The molecule has 1 aromatic carbocycles. The van der Waals surface area contributed by atoms with E-state index in [4.69, 9.17) is 9.47 Å². The van der Waals surface area contributed by atoms with Crippen molar-refractivity contribution in [2.24, 2.45) is 0 Å². The molecule has 0 N–H and O–H groups in total. The van der Waals surface area contributed by atoms with Crippen LogP contribution in [0.15, 0.2) is 18.2 Å². The van der Waals surface area contributed by atoms with Gasteiger partial charge in [-0.1, -0.05) is 17.7 Å². The number of Topliss-reactive ketones (excluding diaryl/α,β-unsaturated/α-hetero) is 1. The van der Waals surface area contributed by atoms with Gasteiger partial charge in [0.05, 0.1) is 13.2 Å². The van der Waals surface area contributed by atoms with Crippen LogP contribution in [0, 0.1) is 13.8 Å². The third-order valence-electron chi connectivity index (χ3n) is 2.75. The van der Waals surface area contributed by atoms with Crippen molar-refractivity contribution in [3.05, 3.63) is 34.9 Å². The molecule has 1 fully saturated rings. The second-order valence-electron chi connectivity index (χ2n) is 4.21. The van der Waals surface area contributed by atoms with E-state index in [2.05, 4.69) is 0 Å². The van der Waals surface area contributed by atoms with Gasteiger partial charge in [0.15, 0.2) is 5.78 Å². The summed E-state index contributed by atoms with van der Waals surface area (Å²) in [5, 5.41) is 0. The molecule has 3 nitrogen and oxygen atoms in total. The van der Waals surface area contributed by atoms with E-state index in [1.54, 1.807) is 0 Å². The number of benzene rings is 1. The van der Waals surface area contributed by atoms with Crippen LogP contribution >= 0.6 is 0 Å². The number of ketones is 1. The number of aryl methyl sites for hydroxylation is 2. The first kappa shape index (κ1) is 11.3. The predicted octanol–water partition coefficient (Wildman–Crippen LogP) is 1.90. The Balaban J connectivity index is 1.99. The summed E-state index contributed by atoms with van der Waals surface area (Å²) in [4.78, 5) is 11.9. The molecule has 2 rings (SSSR count). The molecule has 1 saturated heterocycles. The van der Waals surface area contributed by atoms with Crippen LogP contribution in [0.3, 0.4) is 0 Å². The summed E-state index contributed by atoms with van der Waals surface area (Å²) in [6.45, 7) is 5.30. The molecular formula is C13H16O3. The Hall–Kier alpha value is -1.19. The number of ether oxygens (including phenoxy) is 2. The first-order valence-corrected chi connectivity index (χ1v) is 5.46. The van der Waals surface area contributed by atoms with Gasteiger partial charge in [-0.3, -0.25) is 4.79 Å². The number of hydrogen-bond donors (Lipinski definition) is 0. The molecule has 0 saturated carbocycles. The largest absolute Gasteiger partial charge is 0.376 e. The van der Waals surface area contributed by atoms with Crippen molar-refractivity contribution < 1.29 is 14.3 Å². The molecule has 1 aromatic rings. The Kier molecular flexibility index (Phi) is 3.36. The van der Waals surface area contributed by atoms with Crippen LogP contribution in [-0.4, -0.2) is 31.7 Å². The minimum atomic E-state index is 0.0492. The maximum absolute atomic E-state index is 11.9. The Bertz CT molecular complexity index is 394. The van der Waals surface area contributed by atoms with E-state index in [-0.39, 0.29) is 18.5 Å². The first-order valence-electron chi connectivity index (χ1n) is 5.46. The van der Waals surface area contributed by atoms with Crippen molar-refractivity contribution in [2.75, 3.05) is 19.8 Å². The van der Waals surface area contributed by atoms with Gasteiger partial charge in [0.25, 0.3) is 0 Å². The Labute approximate surface area is 95.4 Å². The van der Waals surface area contributed by atoms with Crippen molar-refractivity contribution in [3.63, 3.8) is 0 Å². The van der Waals surface area contributed by atoms with E-state index < -0.39 is 0 Å². The first-order chi connectivity index (χ1) is 7.66. The molecule has 3 heteroatoms. The lowest BCUT2D eigenvalue weighted by Gasteiger charge is -2.25. The standard InChI is InChI=1S/C13H16O3/c1-9-3-4-10(2)12(5-9)13(14)8-16-11-6-15-7-11/h3-5,11H,6-8H2,1-2H3. The normalized spacial score (nSPS) is 15.9. The van der Waals surface area contributed by atoms with E-state index in [1.165, 1.54) is 0 Å². The predicted molar refractivity (Wildman–Crippen MR) is 60.8 cm³/mol. The third-order valence-corrected chi connectivity index (χ3v) is 2.75. The second-order valence-corrected chi connectivity index (χ2v) is 4.21. The lowest BCUT2D eigenvalue weighted by atomic mass is 10.0. The maximum atomic E-state index is 11.9. The highest BCUT2D eigenvalue weighted by Gasteiger charge is 2.20. The fourth-order valence-corrected chi connectivity index (χ4v) is 1.62. The summed E-state index contributed by atoms with van der Waals surface area (Å²) in [5.74, 6) is 0.0492. The fourth-order valence-electron chi connectivity index (χ4n) is 1.62. The van der Waals surface area contributed by atoms with Crippen molar-refractivity contribution in [1.82, 2.24) is 0 Å². The van der Waals surface area contributed by atoms with E-state index in [0.717, 1.165) is 16.7 Å². The number of carbonyl (C=O) groups is 1. The molecule has 86 valence electrons. The summed E-state index contributed by atoms with van der Waals surface area (Å²) in [6, 6.07) is 5.89. The topological polar surface area (TPSA) is 35.5 Å². The number of hydrogen-bond acceptors (Lipinski definition) is 3. The minimum absolute atomic E-state index is 0.0492. The summed E-state index contributed by atoms with van der Waals surface area (Å²) >= 11 is 0. The summed E-state index contributed by atoms with van der Waals surface area (Å²) < 4.78 is 10.4. The highest BCUT2D eigenvalue weighted by molar-refractivity contribution is 5.98. The lowest BCUT2D eigenvalue weighted by molar-refractivity contribution is -0.123. The van der Waals surface area contributed by atoms with Crippen LogP contribution in [0.4, 0.5) is 0 Å². The van der Waals surface area contributed by atoms with Gasteiger partial charge in [0, 0.05) is 5.56 Å². The summed E-state index contributed by atoms with van der Waals surface area (Å²) in [7, 11) is 0. The van der Waals surface area contributed by atoms with Crippen LogP contribution < -0.4 is 0 Å². The average Bonchev–Trinajstić information content (AvgIpc) is 2.19. The van der Waals surface area contributed by atoms with Crippen LogP contribution in [-0.2, 0) is 9.47 Å². The average molecular weight is 220 g/mol. The van der Waals surface area contributed by atoms with Crippen LogP contribution in [0.25, 0.3) is 0 Å². The van der Waals surface area contributed by atoms with Crippen molar-refractivity contribution in [3.8, 4) is 0 Å². The smallest absolute Gasteiger partial charge is 0.188 e. The highest BCUT2D eigenvalue weighted by atomic mass is 16.6. The second kappa shape index (κ2) is 4.76. The molecule has 0 radical (unpaired) electrons. The van der Waals surface area contributed by atoms with Gasteiger partial charge in [-0.25, -0.2) is 0 Å². The fraction of sp³-hybridized carbons (Fsp3) is 0.462. The summed E-state index contributed by atoms with van der Waals surface area (Å²) in [5.41, 5.74) is 2.87. The molecule has 0 bridgehead atoms. The van der Waals surface area contributed by atoms with E-state index in [0.29, 0.717) is 13.2 Å². The van der Waals surface area contributed by atoms with E-state index in [9.17, 15) is 4.79 Å². The number of rotatable bonds is 4. The van der Waals surface area contributed by atoms with Gasteiger partial charge in [-0.05, 0) is 25.5 Å². The molecule has 1 aliphatic rings. The third kappa shape index (κ3) is 2.49. The molecule has 0 aromatic heterocycles. The quantitative estimate of drug-likeness (QED) is 0.727. The number of carbonyl (C=O) groups excluding carboxylic acids is 1. The minimum Gasteiger partial charge on any atom is -0.376 e. The SMILES string of the molecule is Cc1ccc(C)c(C(=O)COC2COC2)c1. The molecule has 0 spiro atoms. The Morgan fingerprint density at radius 3 is 2.81 bits per heavy atom. The zero-order valence-corrected chi connectivity index (χ0v) is 9.66. The van der Waals surface area contributed by atoms with Crippen molar-refractivity contribution >= 4 is 5.78 Å². The van der Waals surface area contributed by atoms with E-state index in [1.807, 2.05) is 32.0 Å². The molecule has 0 unspecified atom stereocenters. The molecule has 16 heavy (non-hydrogen) atoms. The van der Waals surface area contributed by atoms with Gasteiger partial charge in [0.1, 0.15) is 12.7 Å². The highest BCUT2D eigenvalue weighted by Crippen LogP contribution is 2.13. The van der Waals surface area contributed by atoms with Crippen LogP contribution in [0.5, 0.6) is 0 Å². The molecule has 0 atom stereocenters. The summed E-state index contributed by atoms with van der Waals surface area (Å²) in [6.07, 6.45) is 0.106. The zero-order valence-electron chi connectivity index (χ0n) is 9.66. The van der Waals surface area contributed by atoms with Gasteiger partial charge < -0.3 is 9.47 Å². The molecule has 1 aliphatic heterocycles. The maximum Gasteiger partial charge on any atom is 0.188 e. The van der Waals surface area contributed by atoms with Gasteiger partial charge in [-0.15, -0.1) is 0 Å². The van der Waals surface area contributed by atoms with Crippen molar-refractivity contribution in [2.45, 2.75) is 20.0 Å². The Morgan fingerprint density at radius 2 is 2.19 bits per heavy atom. The van der Waals surface area contributed by atoms with Crippen LogP contribution in [0.2, 0.25) is 0 Å². The van der Waals surface area contributed by atoms with Crippen LogP contribution in [0.1, 0.15) is 21.5 Å². The van der Waals surface area contributed by atoms with Gasteiger partial charge >= 0.3 is 0 Å². The zero-order chi connectivity index (χ0) is 11.5. The Morgan fingerprint density at radius 1 is 1.44 bits per heavy atom. The monoisotopic (exact) mass is 220 g/mol. The molecule has 0 aliphatic carbocycles. The van der Waals surface area contributed by atoms with Gasteiger partial charge in [-0.2, -0.15) is 0 Å². The van der Waals surface area contributed by atoms with E-state index >= 15 is 0 Å². The molecule has 1 heterocycles. The van der Waals surface area contributed by atoms with Gasteiger partial charge in [0.2, 0.25) is 0 Å². The lowest BCUT2D eigenvalue weighted by Crippen LogP contribution is -2.37.